The number of hydrogen-bond acceptors (Lipinski definition) is 5. The Morgan fingerprint density at radius 3 is 2.63 bits per heavy atom. The molecule has 146 valence electrons. The van der Waals surface area contributed by atoms with Gasteiger partial charge in [-0.15, -0.1) is 0 Å². The molecular weight excluding hydrogens is 348 g/mol. The Morgan fingerprint density at radius 1 is 1.26 bits per heavy atom. The molecule has 2 heterocycles. The number of aromatic nitrogens is 1. The Kier molecular flexibility index (Phi) is 6.01. The zero-order chi connectivity index (χ0) is 19.4. The Hall–Kier alpha value is -2.54. The number of benzene rings is 1. The summed E-state index contributed by atoms with van der Waals surface area (Å²) in [6.07, 6.45) is 2.39. The normalized spacial score (nSPS) is 16.5. The molecule has 7 nitrogen and oxygen atoms in total. The van der Waals surface area contributed by atoms with Crippen molar-refractivity contribution >= 4 is 16.8 Å². The summed E-state index contributed by atoms with van der Waals surface area (Å²) in [4.78, 5) is 29.6. The van der Waals surface area contributed by atoms with Crippen LogP contribution in [0.4, 0.5) is 0 Å². The third-order valence-corrected chi connectivity index (χ3v) is 4.89. The molecule has 0 saturated carbocycles. The van der Waals surface area contributed by atoms with Crippen molar-refractivity contribution in [1.82, 2.24) is 9.88 Å². The largest absolute Gasteiger partial charge is 0.493 e. The molecule has 1 aliphatic rings. The Balaban J connectivity index is 1.92. The van der Waals surface area contributed by atoms with Gasteiger partial charge < -0.3 is 24.1 Å². The van der Waals surface area contributed by atoms with E-state index in [0.717, 1.165) is 24.8 Å². The Morgan fingerprint density at radius 2 is 2.00 bits per heavy atom. The highest BCUT2D eigenvalue weighted by molar-refractivity contribution is 5.83. The van der Waals surface area contributed by atoms with Crippen LogP contribution in [0.2, 0.25) is 0 Å². The second-order valence-electron chi connectivity index (χ2n) is 6.68. The van der Waals surface area contributed by atoms with Crippen molar-refractivity contribution in [3.8, 4) is 11.5 Å². The zero-order valence-electron chi connectivity index (χ0n) is 16.0. The molecule has 1 fully saturated rings. The highest BCUT2D eigenvalue weighted by Gasteiger charge is 2.23. The zero-order valence-corrected chi connectivity index (χ0v) is 16.0. The molecular formula is C20H26N2O5. The first-order chi connectivity index (χ1) is 13.0. The van der Waals surface area contributed by atoms with Crippen LogP contribution in [0.5, 0.6) is 11.5 Å². The molecule has 1 aliphatic heterocycles. The van der Waals surface area contributed by atoms with E-state index in [-0.39, 0.29) is 24.1 Å². The van der Waals surface area contributed by atoms with Crippen molar-refractivity contribution in [2.24, 2.45) is 0 Å². The van der Waals surface area contributed by atoms with Crippen LogP contribution in [0.1, 0.15) is 31.7 Å². The minimum atomic E-state index is -0.212. The Bertz CT molecular complexity index is 871. The number of rotatable bonds is 7. The number of methoxy groups -OCH3 is 2. The van der Waals surface area contributed by atoms with Gasteiger partial charge in [-0.25, -0.2) is 0 Å². The molecule has 1 N–H and O–H groups in total. The van der Waals surface area contributed by atoms with Crippen LogP contribution >= 0.6 is 0 Å². The van der Waals surface area contributed by atoms with E-state index >= 15 is 0 Å². The molecule has 0 aliphatic carbocycles. The van der Waals surface area contributed by atoms with Crippen molar-refractivity contribution in [3.63, 3.8) is 0 Å². The number of ether oxygens (including phenoxy) is 3. The smallest absolute Gasteiger partial charge is 0.253 e. The van der Waals surface area contributed by atoms with Gasteiger partial charge in [0, 0.05) is 36.6 Å². The van der Waals surface area contributed by atoms with Gasteiger partial charge in [0.1, 0.15) is 0 Å². The van der Waals surface area contributed by atoms with Crippen molar-refractivity contribution in [2.75, 3.05) is 27.4 Å². The van der Waals surface area contributed by atoms with Gasteiger partial charge in [-0.05, 0) is 25.0 Å². The molecule has 0 bridgehead atoms. The fourth-order valence-corrected chi connectivity index (χ4v) is 3.41. The lowest BCUT2D eigenvalue weighted by atomic mass is 10.1. The molecule has 1 aromatic heterocycles. The fraction of sp³-hybridized carbons (Fsp3) is 0.500. The van der Waals surface area contributed by atoms with Gasteiger partial charge in [0.15, 0.2) is 11.5 Å². The molecule has 1 atom stereocenters. The fourth-order valence-electron chi connectivity index (χ4n) is 3.41. The number of aromatic amines is 1. The van der Waals surface area contributed by atoms with Gasteiger partial charge >= 0.3 is 0 Å². The summed E-state index contributed by atoms with van der Waals surface area (Å²) >= 11 is 0. The lowest BCUT2D eigenvalue weighted by molar-refractivity contribution is -0.133. The van der Waals surface area contributed by atoms with Crippen LogP contribution in [-0.2, 0) is 16.1 Å². The summed E-state index contributed by atoms with van der Waals surface area (Å²) in [6.45, 7) is 3.33. The standard InChI is InChI=1S/C20H26N2O5/c1-4-19(23)22(12-15-6-5-7-27-15)11-14-8-13-9-17(25-2)18(26-3)10-16(13)21-20(14)24/h8-10,15H,4-7,11-12H2,1-3H3,(H,21,24)/t15-/m0/s1. The van der Waals surface area contributed by atoms with E-state index in [0.29, 0.717) is 35.5 Å². The van der Waals surface area contributed by atoms with Crippen molar-refractivity contribution < 1.29 is 19.0 Å². The highest BCUT2D eigenvalue weighted by Crippen LogP contribution is 2.31. The number of hydrogen-bond donors (Lipinski definition) is 1. The van der Waals surface area contributed by atoms with Crippen LogP contribution in [0.25, 0.3) is 10.9 Å². The minimum Gasteiger partial charge on any atom is -0.493 e. The molecule has 3 rings (SSSR count). The summed E-state index contributed by atoms with van der Waals surface area (Å²) in [5.74, 6) is 1.15. The number of fused-ring (bicyclic) bond motifs is 1. The first-order valence-corrected chi connectivity index (χ1v) is 9.23. The number of carbonyl (C=O) groups is 1. The van der Waals surface area contributed by atoms with E-state index in [9.17, 15) is 9.59 Å². The first-order valence-electron chi connectivity index (χ1n) is 9.23. The summed E-state index contributed by atoms with van der Waals surface area (Å²) in [5.41, 5.74) is 0.986. The van der Waals surface area contributed by atoms with E-state index in [1.807, 2.05) is 19.1 Å². The van der Waals surface area contributed by atoms with Crippen LogP contribution < -0.4 is 15.0 Å². The number of H-pyrrole nitrogens is 1. The van der Waals surface area contributed by atoms with E-state index in [4.69, 9.17) is 14.2 Å². The quantitative estimate of drug-likeness (QED) is 0.805. The summed E-state index contributed by atoms with van der Waals surface area (Å²) < 4.78 is 16.3. The number of nitrogens with one attached hydrogen (secondary N) is 1. The van der Waals surface area contributed by atoms with Gasteiger partial charge in [0.05, 0.1) is 32.4 Å². The molecule has 1 amide bonds. The van der Waals surface area contributed by atoms with Crippen molar-refractivity contribution in [3.05, 3.63) is 34.1 Å². The number of amides is 1. The predicted octanol–water partition coefficient (Wildman–Crippen LogP) is 2.46. The molecule has 7 heteroatoms. The van der Waals surface area contributed by atoms with Gasteiger partial charge in [-0.3, -0.25) is 9.59 Å². The number of nitrogens with zero attached hydrogens (tertiary/aromatic N) is 1. The maximum Gasteiger partial charge on any atom is 0.253 e. The third kappa shape index (κ3) is 4.24. The topological polar surface area (TPSA) is 80.9 Å². The lowest BCUT2D eigenvalue weighted by Crippen LogP contribution is -2.37. The van der Waals surface area contributed by atoms with Crippen LogP contribution in [0.15, 0.2) is 23.0 Å². The SMILES string of the molecule is CCC(=O)N(Cc1cc2cc(OC)c(OC)cc2[nH]c1=O)C[C@@H]1CCCO1. The van der Waals surface area contributed by atoms with Gasteiger partial charge in [0.25, 0.3) is 5.56 Å². The highest BCUT2D eigenvalue weighted by atomic mass is 16.5. The number of carbonyl (C=O) groups excluding carboxylic acids is 1. The predicted molar refractivity (Wildman–Crippen MR) is 102 cm³/mol. The molecule has 1 saturated heterocycles. The third-order valence-electron chi connectivity index (χ3n) is 4.89. The Labute approximate surface area is 158 Å². The average Bonchev–Trinajstić information content (AvgIpc) is 3.19. The number of pyridine rings is 1. The van der Waals surface area contributed by atoms with Gasteiger partial charge in [-0.1, -0.05) is 6.92 Å². The maximum atomic E-state index is 12.6. The first kappa shape index (κ1) is 19.2. The van der Waals surface area contributed by atoms with E-state index in [1.54, 1.807) is 25.2 Å². The van der Waals surface area contributed by atoms with Crippen LogP contribution in [0, 0.1) is 0 Å². The monoisotopic (exact) mass is 374 g/mol. The van der Waals surface area contributed by atoms with E-state index in [2.05, 4.69) is 4.98 Å². The second kappa shape index (κ2) is 8.43. The molecule has 0 unspecified atom stereocenters. The van der Waals surface area contributed by atoms with Crippen molar-refractivity contribution in [1.29, 1.82) is 0 Å². The summed E-state index contributed by atoms with van der Waals surface area (Å²) in [5, 5.41) is 0.822. The van der Waals surface area contributed by atoms with Crippen molar-refractivity contribution in [2.45, 2.75) is 38.8 Å². The van der Waals surface area contributed by atoms with Gasteiger partial charge in [0.2, 0.25) is 5.91 Å². The van der Waals surface area contributed by atoms with E-state index in [1.165, 1.54) is 0 Å². The minimum absolute atomic E-state index is 0.0114. The lowest BCUT2D eigenvalue weighted by Gasteiger charge is -2.25. The maximum absolute atomic E-state index is 12.6. The van der Waals surface area contributed by atoms with Crippen LogP contribution in [0.3, 0.4) is 0 Å². The molecule has 0 spiro atoms. The average molecular weight is 374 g/mol. The van der Waals surface area contributed by atoms with E-state index < -0.39 is 0 Å². The second-order valence-corrected chi connectivity index (χ2v) is 6.68. The molecule has 27 heavy (non-hydrogen) atoms. The summed E-state index contributed by atoms with van der Waals surface area (Å²) in [7, 11) is 3.12. The summed E-state index contributed by atoms with van der Waals surface area (Å²) in [6, 6.07) is 5.36. The molecule has 1 aromatic carbocycles. The van der Waals surface area contributed by atoms with Crippen LogP contribution in [-0.4, -0.2) is 49.3 Å². The molecule has 0 radical (unpaired) electrons. The van der Waals surface area contributed by atoms with Gasteiger partial charge in [-0.2, -0.15) is 0 Å². The molecule has 2 aromatic rings.